The highest BCUT2D eigenvalue weighted by Gasteiger charge is 2.52. The Balaban J connectivity index is 2.03. The summed E-state index contributed by atoms with van der Waals surface area (Å²) in [6.45, 7) is 4.88. The zero-order valence-electron chi connectivity index (χ0n) is 17.0. The molecule has 0 bridgehead atoms. The quantitative estimate of drug-likeness (QED) is 0.483. The smallest absolute Gasteiger partial charge is 0.253 e. The van der Waals surface area contributed by atoms with E-state index in [-0.39, 0.29) is 33.6 Å². The number of carbonyl (C=O) groups excluding carboxylic acids is 2. The molecule has 2 aromatic rings. The number of pyridine rings is 1. The Labute approximate surface area is 186 Å². The van der Waals surface area contributed by atoms with Crippen molar-refractivity contribution in [3.05, 3.63) is 58.4 Å². The van der Waals surface area contributed by atoms with E-state index in [2.05, 4.69) is 29.5 Å². The molecule has 0 saturated carbocycles. The van der Waals surface area contributed by atoms with Gasteiger partial charge < -0.3 is 21.3 Å². The maximum atomic E-state index is 13.6. The van der Waals surface area contributed by atoms with Crippen LogP contribution in [0.25, 0.3) is 0 Å². The van der Waals surface area contributed by atoms with Crippen LogP contribution in [0.15, 0.2) is 36.5 Å². The molecule has 158 valence electrons. The minimum absolute atomic E-state index is 0.162. The lowest BCUT2D eigenvalue weighted by atomic mass is 9.70. The van der Waals surface area contributed by atoms with Gasteiger partial charge in [0.05, 0.1) is 17.4 Å². The first-order chi connectivity index (χ1) is 14.2. The van der Waals surface area contributed by atoms with Crippen molar-refractivity contribution < 1.29 is 9.59 Å². The maximum absolute atomic E-state index is 13.6. The molecule has 30 heavy (non-hydrogen) atoms. The van der Waals surface area contributed by atoms with Gasteiger partial charge in [-0.05, 0) is 35.3 Å². The molecule has 0 aliphatic carbocycles. The number of nitrogens with one attached hydrogen (secondary N) is 2. The summed E-state index contributed by atoms with van der Waals surface area (Å²) in [7, 11) is 1.51. The summed E-state index contributed by atoms with van der Waals surface area (Å²) in [6, 6.07) is 9.29. The van der Waals surface area contributed by atoms with E-state index in [1.807, 2.05) is 24.3 Å². The number of likely N-dealkylation sites (tertiary alicyclic amines) is 1. The van der Waals surface area contributed by atoms with Crippen LogP contribution in [0.1, 0.15) is 41.3 Å². The fourth-order valence-electron chi connectivity index (χ4n) is 3.73. The molecule has 4 N–H and O–H groups in total. The minimum Gasteiger partial charge on any atom is -0.376 e. The van der Waals surface area contributed by atoms with Gasteiger partial charge in [0, 0.05) is 20.1 Å². The van der Waals surface area contributed by atoms with Crippen LogP contribution in [0, 0.1) is 0 Å². The topological polar surface area (TPSA) is 100 Å². The van der Waals surface area contributed by atoms with Crippen molar-refractivity contribution in [2.24, 2.45) is 5.73 Å². The molecule has 2 heterocycles. The molecular weight excluding hydrogens is 422 g/mol. The molecule has 1 fully saturated rings. The van der Waals surface area contributed by atoms with Crippen molar-refractivity contribution in [3.63, 3.8) is 0 Å². The highest BCUT2D eigenvalue weighted by Crippen LogP contribution is 2.40. The lowest BCUT2D eigenvalue weighted by Crippen LogP contribution is -2.67. The van der Waals surface area contributed by atoms with Crippen LogP contribution >= 0.6 is 23.8 Å². The van der Waals surface area contributed by atoms with Gasteiger partial charge in [-0.15, -0.1) is 0 Å². The molecule has 1 aromatic heterocycles. The van der Waals surface area contributed by atoms with Gasteiger partial charge in [-0.2, -0.15) is 0 Å². The normalized spacial score (nSPS) is 14.8. The van der Waals surface area contributed by atoms with Crippen LogP contribution < -0.4 is 16.4 Å². The number of nitrogens with zero attached hydrogens (tertiary/aromatic N) is 2. The summed E-state index contributed by atoms with van der Waals surface area (Å²) in [6.07, 6.45) is 1.39. The standard InChI is InChI=1S/C21H24ClN5O2S/c1-12(2)13-6-4-5-7-15(13)21(10-27(11-21)20(23)30)19(29)26-16-9-25-17(22)8-14(16)18(28)24-3/h4-9,12H,10-11H2,1-3H3,(H2,23,30)(H,24,28)(H,26,29). The average molecular weight is 446 g/mol. The third kappa shape index (κ3) is 3.97. The predicted octanol–water partition coefficient (Wildman–Crippen LogP) is 2.65. The van der Waals surface area contributed by atoms with E-state index in [1.165, 1.54) is 19.3 Å². The Morgan fingerprint density at radius 3 is 2.57 bits per heavy atom. The summed E-state index contributed by atoms with van der Waals surface area (Å²) < 4.78 is 0. The molecular formula is C21H24ClN5O2S. The second-order valence-corrected chi connectivity index (χ2v) is 8.41. The van der Waals surface area contributed by atoms with Crippen LogP contribution in [0.5, 0.6) is 0 Å². The second kappa shape index (κ2) is 8.57. The van der Waals surface area contributed by atoms with Crippen molar-refractivity contribution in [2.45, 2.75) is 25.2 Å². The zero-order chi connectivity index (χ0) is 22.1. The van der Waals surface area contributed by atoms with Gasteiger partial charge in [0.15, 0.2) is 5.11 Å². The predicted molar refractivity (Wildman–Crippen MR) is 122 cm³/mol. The van der Waals surface area contributed by atoms with Crippen LogP contribution in [-0.4, -0.2) is 46.9 Å². The fraction of sp³-hybridized carbons (Fsp3) is 0.333. The average Bonchev–Trinajstić information content (AvgIpc) is 2.68. The molecule has 1 saturated heterocycles. The molecule has 9 heteroatoms. The van der Waals surface area contributed by atoms with E-state index in [9.17, 15) is 9.59 Å². The highest BCUT2D eigenvalue weighted by atomic mass is 35.5. The number of hydrogen-bond acceptors (Lipinski definition) is 4. The van der Waals surface area contributed by atoms with Gasteiger partial charge >= 0.3 is 0 Å². The summed E-state index contributed by atoms with van der Waals surface area (Å²) in [4.78, 5) is 31.7. The minimum atomic E-state index is -0.857. The van der Waals surface area contributed by atoms with Crippen LogP contribution in [-0.2, 0) is 10.2 Å². The van der Waals surface area contributed by atoms with E-state index in [0.29, 0.717) is 18.8 Å². The molecule has 0 radical (unpaired) electrons. The first-order valence-corrected chi connectivity index (χ1v) is 10.3. The number of amides is 2. The Bertz CT molecular complexity index is 1000. The van der Waals surface area contributed by atoms with Gasteiger partial charge in [0.25, 0.3) is 5.91 Å². The highest BCUT2D eigenvalue weighted by molar-refractivity contribution is 7.80. The van der Waals surface area contributed by atoms with Gasteiger partial charge in [0.2, 0.25) is 5.91 Å². The first-order valence-electron chi connectivity index (χ1n) is 9.52. The van der Waals surface area contributed by atoms with E-state index in [0.717, 1.165) is 11.1 Å². The van der Waals surface area contributed by atoms with Crippen LogP contribution in [0.4, 0.5) is 5.69 Å². The summed E-state index contributed by atoms with van der Waals surface area (Å²) in [5.41, 5.74) is 7.47. The van der Waals surface area contributed by atoms with Gasteiger partial charge in [-0.25, -0.2) is 4.98 Å². The summed E-state index contributed by atoms with van der Waals surface area (Å²) in [5.74, 6) is -0.398. The van der Waals surface area contributed by atoms with Crippen molar-refractivity contribution >= 4 is 46.4 Å². The van der Waals surface area contributed by atoms with Crippen LogP contribution in [0.2, 0.25) is 5.15 Å². The molecule has 0 unspecified atom stereocenters. The molecule has 1 aliphatic heterocycles. The number of rotatable bonds is 5. The Morgan fingerprint density at radius 2 is 1.97 bits per heavy atom. The molecule has 0 spiro atoms. The number of hydrogen-bond donors (Lipinski definition) is 3. The number of aromatic nitrogens is 1. The molecule has 1 aromatic carbocycles. The van der Waals surface area contributed by atoms with Crippen molar-refractivity contribution in [3.8, 4) is 0 Å². The van der Waals surface area contributed by atoms with Gasteiger partial charge in [-0.1, -0.05) is 49.7 Å². The number of benzene rings is 1. The van der Waals surface area contributed by atoms with Crippen LogP contribution in [0.3, 0.4) is 0 Å². The molecule has 2 amide bonds. The van der Waals surface area contributed by atoms with E-state index < -0.39 is 5.41 Å². The second-order valence-electron chi connectivity index (χ2n) is 7.60. The van der Waals surface area contributed by atoms with Crippen molar-refractivity contribution in [1.29, 1.82) is 0 Å². The Hall–Kier alpha value is -2.71. The third-order valence-electron chi connectivity index (χ3n) is 5.36. The first kappa shape index (κ1) is 22.0. The van der Waals surface area contributed by atoms with Gasteiger partial charge in [-0.3, -0.25) is 9.59 Å². The summed E-state index contributed by atoms with van der Waals surface area (Å²) in [5, 5.41) is 5.85. The van der Waals surface area contributed by atoms with Crippen molar-refractivity contribution in [2.75, 3.05) is 25.5 Å². The number of thiocarbonyl (C=S) groups is 1. The molecule has 3 rings (SSSR count). The monoisotopic (exact) mass is 445 g/mol. The third-order valence-corrected chi connectivity index (χ3v) is 5.82. The summed E-state index contributed by atoms with van der Waals surface area (Å²) >= 11 is 11.1. The van der Waals surface area contributed by atoms with E-state index in [1.54, 1.807) is 4.90 Å². The molecule has 0 atom stereocenters. The fourth-order valence-corrected chi connectivity index (χ4v) is 4.01. The maximum Gasteiger partial charge on any atom is 0.253 e. The van der Waals surface area contributed by atoms with Gasteiger partial charge in [0.1, 0.15) is 10.6 Å². The largest absolute Gasteiger partial charge is 0.376 e. The zero-order valence-corrected chi connectivity index (χ0v) is 18.6. The molecule has 1 aliphatic rings. The van der Waals surface area contributed by atoms with E-state index >= 15 is 0 Å². The Morgan fingerprint density at radius 1 is 1.30 bits per heavy atom. The lowest BCUT2D eigenvalue weighted by Gasteiger charge is -2.50. The number of halogens is 1. The van der Waals surface area contributed by atoms with Crippen molar-refractivity contribution in [1.82, 2.24) is 15.2 Å². The lowest BCUT2D eigenvalue weighted by molar-refractivity contribution is -0.126. The molecule has 7 nitrogen and oxygen atoms in total. The Kier molecular flexibility index (Phi) is 6.28. The van der Waals surface area contributed by atoms with E-state index in [4.69, 9.17) is 29.6 Å². The number of carbonyl (C=O) groups is 2. The number of anilines is 1. The number of nitrogens with two attached hydrogens (primary N) is 1. The SMILES string of the molecule is CNC(=O)c1cc(Cl)ncc1NC(=O)C1(c2ccccc2C(C)C)CN(C(N)=S)C1.